The molecule has 1 rings (SSSR count). The minimum atomic E-state index is -1.08. The average molecular weight is 251 g/mol. The van der Waals surface area contributed by atoms with E-state index in [1.807, 2.05) is 0 Å². The van der Waals surface area contributed by atoms with Crippen LogP contribution in [0.1, 0.15) is 24.3 Å². The van der Waals surface area contributed by atoms with Crippen LogP contribution >= 0.6 is 0 Å². The molecule has 0 aliphatic carbocycles. The molecule has 0 aromatic carbocycles. The Morgan fingerprint density at radius 3 is 2.67 bits per heavy atom. The third-order valence-corrected chi connectivity index (χ3v) is 2.56. The molecule has 0 fully saturated rings. The molecule has 0 atom stereocenters. The number of hydrogen-bond acceptors (Lipinski definition) is 4. The number of carboxylic acid groups (broad SMARTS) is 1. The van der Waals surface area contributed by atoms with Crippen molar-refractivity contribution >= 4 is 17.6 Å². The second-order valence-corrected chi connectivity index (χ2v) is 4.55. The van der Waals surface area contributed by atoms with Gasteiger partial charge in [-0.15, -0.1) is 0 Å². The van der Waals surface area contributed by atoms with Gasteiger partial charge in [-0.3, -0.25) is 4.79 Å². The van der Waals surface area contributed by atoms with Crippen LogP contribution in [-0.2, 0) is 4.79 Å². The van der Waals surface area contributed by atoms with E-state index in [-0.39, 0.29) is 11.6 Å². The van der Waals surface area contributed by atoms with E-state index >= 15 is 0 Å². The van der Waals surface area contributed by atoms with E-state index in [4.69, 9.17) is 5.11 Å². The Morgan fingerprint density at radius 2 is 2.11 bits per heavy atom. The van der Waals surface area contributed by atoms with E-state index < -0.39 is 11.4 Å². The Kier molecular flexibility index (Phi) is 4.25. The molecule has 1 amide bonds. The van der Waals surface area contributed by atoms with Crippen LogP contribution in [0.5, 0.6) is 0 Å². The van der Waals surface area contributed by atoms with Gasteiger partial charge in [0, 0.05) is 25.5 Å². The van der Waals surface area contributed by atoms with Gasteiger partial charge in [0.05, 0.1) is 5.41 Å². The van der Waals surface area contributed by atoms with Crippen LogP contribution in [0.2, 0.25) is 0 Å². The van der Waals surface area contributed by atoms with Crippen LogP contribution in [0.15, 0.2) is 18.3 Å². The van der Waals surface area contributed by atoms with E-state index in [2.05, 4.69) is 15.6 Å². The second-order valence-electron chi connectivity index (χ2n) is 4.55. The molecule has 0 unspecified atom stereocenters. The predicted molar refractivity (Wildman–Crippen MR) is 67.5 cm³/mol. The Balaban J connectivity index is 2.72. The Labute approximate surface area is 105 Å². The SMILES string of the molecule is CNC(=O)C(C)(C)CNc1ccnc(C(=O)O)c1. The Hall–Kier alpha value is -2.11. The first kappa shape index (κ1) is 14.0. The molecule has 1 heterocycles. The van der Waals surface area contributed by atoms with Crippen molar-refractivity contribution in [3.8, 4) is 0 Å². The summed E-state index contributed by atoms with van der Waals surface area (Å²) >= 11 is 0. The highest BCUT2D eigenvalue weighted by atomic mass is 16.4. The summed E-state index contributed by atoms with van der Waals surface area (Å²) in [5, 5.41) is 14.4. The monoisotopic (exact) mass is 251 g/mol. The molecule has 0 aliphatic heterocycles. The third-order valence-electron chi connectivity index (χ3n) is 2.56. The Bertz CT molecular complexity index is 458. The van der Waals surface area contributed by atoms with Crippen LogP contribution < -0.4 is 10.6 Å². The molecule has 6 heteroatoms. The van der Waals surface area contributed by atoms with Crippen LogP contribution in [0.3, 0.4) is 0 Å². The normalized spacial score (nSPS) is 10.8. The van der Waals surface area contributed by atoms with Crippen molar-refractivity contribution in [2.45, 2.75) is 13.8 Å². The van der Waals surface area contributed by atoms with Gasteiger partial charge in [0.1, 0.15) is 5.69 Å². The molecule has 6 nitrogen and oxygen atoms in total. The van der Waals surface area contributed by atoms with Gasteiger partial charge in [-0.1, -0.05) is 0 Å². The fourth-order valence-corrected chi connectivity index (χ4v) is 1.40. The summed E-state index contributed by atoms with van der Waals surface area (Å²) < 4.78 is 0. The summed E-state index contributed by atoms with van der Waals surface area (Å²) in [6.07, 6.45) is 1.42. The molecular weight excluding hydrogens is 234 g/mol. The highest BCUT2D eigenvalue weighted by molar-refractivity contribution is 5.86. The van der Waals surface area contributed by atoms with Gasteiger partial charge in [0.25, 0.3) is 0 Å². The van der Waals surface area contributed by atoms with Crippen LogP contribution in [0.25, 0.3) is 0 Å². The summed E-state index contributed by atoms with van der Waals surface area (Å²) in [5.41, 5.74) is 0.0126. The van der Waals surface area contributed by atoms with Crippen molar-refractivity contribution in [2.24, 2.45) is 5.41 Å². The first-order chi connectivity index (χ1) is 8.36. The maximum atomic E-state index is 11.6. The summed E-state index contributed by atoms with van der Waals surface area (Å²) in [4.78, 5) is 26.0. The first-order valence-corrected chi connectivity index (χ1v) is 5.52. The maximum absolute atomic E-state index is 11.6. The molecule has 98 valence electrons. The van der Waals surface area contributed by atoms with E-state index in [9.17, 15) is 9.59 Å². The lowest BCUT2D eigenvalue weighted by Gasteiger charge is -2.23. The van der Waals surface area contributed by atoms with Gasteiger partial charge in [-0.05, 0) is 26.0 Å². The molecule has 0 bridgehead atoms. The van der Waals surface area contributed by atoms with Crippen molar-refractivity contribution in [1.29, 1.82) is 0 Å². The number of aromatic carboxylic acids is 1. The number of anilines is 1. The zero-order valence-electron chi connectivity index (χ0n) is 10.7. The standard InChI is InChI=1S/C12H17N3O3/c1-12(2,11(18)13-3)7-15-8-4-5-14-9(6-8)10(16)17/h4-6H,7H2,1-3H3,(H,13,18)(H,14,15)(H,16,17). The third kappa shape index (κ3) is 3.44. The topological polar surface area (TPSA) is 91.3 Å². The number of hydrogen-bond donors (Lipinski definition) is 3. The first-order valence-electron chi connectivity index (χ1n) is 5.52. The molecule has 0 saturated heterocycles. The second kappa shape index (κ2) is 5.48. The molecule has 1 aromatic rings. The number of amides is 1. The number of carbonyl (C=O) groups excluding carboxylic acids is 1. The van der Waals surface area contributed by atoms with E-state index in [0.717, 1.165) is 0 Å². The van der Waals surface area contributed by atoms with E-state index in [0.29, 0.717) is 12.2 Å². The fourth-order valence-electron chi connectivity index (χ4n) is 1.40. The number of carboxylic acids is 1. The lowest BCUT2D eigenvalue weighted by atomic mass is 9.92. The van der Waals surface area contributed by atoms with E-state index in [1.165, 1.54) is 12.3 Å². The zero-order valence-corrected chi connectivity index (χ0v) is 10.7. The number of rotatable bonds is 5. The summed E-state index contributed by atoms with van der Waals surface area (Å²) in [6, 6.07) is 3.09. The number of pyridine rings is 1. The van der Waals surface area contributed by atoms with E-state index in [1.54, 1.807) is 27.0 Å². The van der Waals surface area contributed by atoms with Crippen LogP contribution in [0.4, 0.5) is 5.69 Å². The van der Waals surface area contributed by atoms with Gasteiger partial charge in [0.2, 0.25) is 5.91 Å². The summed E-state index contributed by atoms with van der Waals surface area (Å²) in [7, 11) is 1.58. The fraction of sp³-hybridized carbons (Fsp3) is 0.417. The zero-order chi connectivity index (χ0) is 13.8. The molecule has 0 spiro atoms. The molecule has 0 aliphatic rings. The van der Waals surface area contributed by atoms with Gasteiger partial charge in [-0.25, -0.2) is 9.78 Å². The summed E-state index contributed by atoms with van der Waals surface area (Å²) in [5.74, 6) is -1.16. The lowest BCUT2D eigenvalue weighted by molar-refractivity contribution is -0.128. The van der Waals surface area contributed by atoms with Crippen molar-refractivity contribution in [2.75, 3.05) is 18.9 Å². The van der Waals surface area contributed by atoms with Crippen LogP contribution in [0, 0.1) is 5.41 Å². The number of carbonyl (C=O) groups is 2. The molecule has 18 heavy (non-hydrogen) atoms. The Morgan fingerprint density at radius 1 is 1.44 bits per heavy atom. The highest BCUT2D eigenvalue weighted by Crippen LogP contribution is 2.17. The average Bonchev–Trinajstić information content (AvgIpc) is 2.35. The van der Waals surface area contributed by atoms with Crippen molar-refractivity contribution in [1.82, 2.24) is 10.3 Å². The molecule has 1 aromatic heterocycles. The minimum absolute atomic E-state index is 0.0299. The van der Waals surface area contributed by atoms with Gasteiger partial charge in [-0.2, -0.15) is 0 Å². The quantitative estimate of drug-likeness (QED) is 0.725. The smallest absolute Gasteiger partial charge is 0.354 e. The number of aromatic nitrogens is 1. The molecule has 3 N–H and O–H groups in total. The van der Waals surface area contributed by atoms with Gasteiger partial charge >= 0.3 is 5.97 Å². The van der Waals surface area contributed by atoms with Gasteiger partial charge < -0.3 is 15.7 Å². The molecule has 0 saturated carbocycles. The largest absolute Gasteiger partial charge is 0.477 e. The number of nitrogens with one attached hydrogen (secondary N) is 2. The number of nitrogens with zero attached hydrogens (tertiary/aromatic N) is 1. The van der Waals surface area contributed by atoms with Crippen molar-refractivity contribution < 1.29 is 14.7 Å². The maximum Gasteiger partial charge on any atom is 0.354 e. The molecular formula is C12H17N3O3. The van der Waals surface area contributed by atoms with Crippen molar-refractivity contribution in [3.05, 3.63) is 24.0 Å². The minimum Gasteiger partial charge on any atom is -0.477 e. The van der Waals surface area contributed by atoms with Crippen LogP contribution in [-0.4, -0.2) is 35.6 Å². The lowest BCUT2D eigenvalue weighted by Crippen LogP contribution is -2.39. The predicted octanol–water partition coefficient (Wildman–Crippen LogP) is 0.964. The summed E-state index contributed by atoms with van der Waals surface area (Å²) in [6.45, 7) is 4.01. The molecule has 0 radical (unpaired) electrons. The van der Waals surface area contributed by atoms with Gasteiger partial charge in [0.15, 0.2) is 0 Å². The highest BCUT2D eigenvalue weighted by Gasteiger charge is 2.26. The van der Waals surface area contributed by atoms with Crippen molar-refractivity contribution in [3.63, 3.8) is 0 Å².